The molecule has 0 spiro atoms. The normalized spacial score (nSPS) is 11.2. The molecule has 0 saturated heterocycles. The summed E-state index contributed by atoms with van der Waals surface area (Å²) in [6.45, 7) is 1.43. The van der Waals surface area contributed by atoms with Crippen LogP contribution in [0.2, 0.25) is 0 Å². The molecule has 10 heteroatoms. The van der Waals surface area contributed by atoms with E-state index >= 15 is 0 Å². The van der Waals surface area contributed by atoms with Gasteiger partial charge in [0.15, 0.2) is 17.2 Å². The van der Waals surface area contributed by atoms with Gasteiger partial charge in [-0.05, 0) is 43.3 Å². The van der Waals surface area contributed by atoms with E-state index in [-0.39, 0.29) is 21.4 Å². The lowest BCUT2D eigenvalue weighted by atomic mass is 10.1. The fraction of sp³-hybridized carbons (Fsp3) is 0.118. The highest BCUT2D eigenvalue weighted by molar-refractivity contribution is 7.94. The van der Waals surface area contributed by atoms with E-state index in [9.17, 15) is 18.0 Å². The van der Waals surface area contributed by atoms with Crippen LogP contribution in [-0.2, 0) is 14.8 Å². The van der Waals surface area contributed by atoms with Crippen molar-refractivity contribution in [3.8, 4) is 10.6 Å². The molecule has 3 rings (SSSR count). The summed E-state index contributed by atoms with van der Waals surface area (Å²) in [5.41, 5.74) is 0.819. The molecule has 0 aliphatic rings. The first-order chi connectivity index (χ1) is 12.8. The van der Waals surface area contributed by atoms with Crippen molar-refractivity contribution in [1.29, 1.82) is 0 Å². The number of hydrogen-bond acceptors (Lipinski definition) is 8. The maximum absolute atomic E-state index is 12.5. The maximum Gasteiger partial charge on any atom is 0.360 e. The van der Waals surface area contributed by atoms with Gasteiger partial charge in [0.05, 0.1) is 12.0 Å². The van der Waals surface area contributed by atoms with Crippen LogP contribution in [0.15, 0.2) is 51.2 Å². The third kappa shape index (κ3) is 4.07. The summed E-state index contributed by atoms with van der Waals surface area (Å²) >= 11 is 0.962. The molecule has 0 saturated carbocycles. The lowest BCUT2D eigenvalue weighted by Gasteiger charge is -2.06. The van der Waals surface area contributed by atoms with Crippen LogP contribution in [-0.4, -0.2) is 32.4 Å². The molecule has 1 aromatic carbocycles. The van der Waals surface area contributed by atoms with Gasteiger partial charge in [-0.1, -0.05) is 5.16 Å². The van der Waals surface area contributed by atoms with Gasteiger partial charge >= 0.3 is 5.97 Å². The van der Waals surface area contributed by atoms with Gasteiger partial charge in [0.2, 0.25) is 0 Å². The molecule has 2 aromatic heterocycles. The predicted molar refractivity (Wildman–Crippen MR) is 98.4 cm³/mol. The van der Waals surface area contributed by atoms with Crippen LogP contribution in [0.25, 0.3) is 10.6 Å². The van der Waals surface area contributed by atoms with Crippen LogP contribution in [0, 0.1) is 0 Å². The number of aromatic nitrogens is 1. The summed E-state index contributed by atoms with van der Waals surface area (Å²) in [7, 11) is -2.59. The van der Waals surface area contributed by atoms with Crippen LogP contribution in [0.3, 0.4) is 0 Å². The number of hydrogen-bond donors (Lipinski definition) is 1. The molecule has 140 valence electrons. The van der Waals surface area contributed by atoms with Gasteiger partial charge in [0.25, 0.3) is 10.0 Å². The van der Waals surface area contributed by atoms with Crippen molar-refractivity contribution in [3.63, 3.8) is 0 Å². The van der Waals surface area contributed by atoms with Crippen molar-refractivity contribution in [3.05, 3.63) is 53.7 Å². The number of Topliss-reactive ketones (excluding diaryl/α,β-unsaturated/α-hetero) is 1. The Balaban J connectivity index is 1.81. The van der Waals surface area contributed by atoms with E-state index in [1.54, 1.807) is 18.2 Å². The molecule has 0 atom stereocenters. The maximum atomic E-state index is 12.5. The molecule has 0 radical (unpaired) electrons. The Morgan fingerprint density at radius 3 is 2.48 bits per heavy atom. The van der Waals surface area contributed by atoms with Crippen molar-refractivity contribution in [2.45, 2.75) is 11.1 Å². The number of rotatable bonds is 6. The zero-order valence-corrected chi connectivity index (χ0v) is 15.9. The van der Waals surface area contributed by atoms with Gasteiger partial charge in [-0.15, -0.1) is 11.3 Å². The van der Waals surface area contributed by atoms with E-state index < -0.39 is 16.0 Å². The van der Waals surface area contributed by atoms with Crippen molar-refractivity contribution >= 4 is 38.8 Å². The first-order valence-electron chi connectivity index (χ1n) is 7.59. The number of ketones is 1. The Bertz CT molecular complexity index is 1100. The van der Waals surface area contributed by atoms with Crippen molar-refractivity contribution in [2.75, 3.05) is 11.8 Å². The highest BCUT2D eigenvalue weighted by Crippen LogP contribution is 2.32. The second-order valence-electron chi connectivity index (χ2n) is 5.43. The number of carbonyl (C=O) groups is 2. The minimum absolute atomic E-state index is 0.00556. The average Bonchev–Trinajstić information content (AvgIpc) is 3.30. The minimum Gasteiger partial charge on any atom is -0.464 e. The van der Waals surface area contributed by atoms with Crippen LogP contribution in [0.1, 0.15) is 27.8 Å². The number of carbonyl (C=O) groups excluding carboxylic acids is 2. The SMILES string of the molecule is COC(=O)c1cc(-c2ccc(S(=O)(=O)Nc3ccc(C(C)=O)cc3)s2)on1. The Kier molecular flexibility index (Phi) is 5.10. The fourth-order valence-electron chi connectivity index (χ4n) is 2.17. The molecule has 0 amide bonds. The second kappa shape index (κ2) is 7.33. The van der Waals surface area contributed by atoms with Crippen LogP contribution < -0.4 is 4.72 Å². The van der Waals surface area contributed by atoms with Gasteiger partial charge in [0.1, 0.15) is 4.21 Å². The van der Waals surface area contributed by atoms with Gasteiger partial charge in [-0.25, -0.2) is 13.2 Å². The van der Waals surface area contributed by atoms with E-state index in [1.807, 2.05) is 0 Å². The topological polar surface area (TPSA) is 116 Å². The molecule has 8 nitrogen and oxygen atoms in total. The van der Waals surface area contributed by atoms with E-state index in [0.29, 0.717) is 16.1 Å². The number of methoxy groups -OCH3 is 1. The largest absolute Gasteiger partial charge is 0.464 e. The summed E-state index contributed by atoms with van der Waals surface area (Å²) in [6, 6.07) is 10.5. The lowest BCUT2D eigenvalue weighted by Crippen LogP contribution is -2.11. The number of benzene rings is 1. The van der Waals surface area contributed by atoms with E-state index in [1.165, 1.54) is 38.3 Å². The molecule has 0 aliphatic carbocycles. The molecule has 1 N–H and O–H groups in total. The second-order valence-corrected chi connectivity index (χ2v) is 8.42. The van der Waals surface area contributed by atoms with E-state index in [4.69, 9.17) is 4.52 Å². The van der Waals surface area contributed by atoms with Crippen LogP contribution in [0.5, 0.6) is 0 Å². The van der Waals surface area contributed by atoms with Gasteiger partial charge in [0, 0.05) is 17.3 Å². The number of anilines is 1. The number of sulfonamides is 1. The Hall–Kier alpha value is -2.98. The first kappa shape index (κ1) is 18.8. The molecule has 3 aromatic rings. The predicted octanol–water partition coefficient (Wildman–Crippen LogP) is 3.19. The molecule has 0 aliphatic heterocycles. The first-order valence-corrected chi connectivity index (χ1v) is 9.89. The number of nitrogens with one attached hydrogen (secondary N) is 1. The summed E-state index contributed by atoms with van der Waals surface area (Å²) < 4.78 is 37.2. The van der Waals surface area contributed by atoms with Crippen LogP contribution in [0.4, 0.5) is 5.69 Å². The quantitative estimate of drug-likeness (QED) is 0.494. The standard InChI is InChI=1S/C17H14N2O6S2/c1-10(20)11-3-5-12(6-4-11)19-27(22,23)16-8-7-15(26-16)14-9-13(18-25-14)17(21)24-2/h3-9,19H,1-2H3. The summed E-state index contributed by atoms with van der Waals surface area (Å²) in [6.07, 6.45) is 0. The van der Waals surface area contributed by atoms with Gasteiger partial charge in [-0.3, -0.25) is 9.52 Å². The fourth-order valence-corrected chi connectivity index (χ4v) is 4.48. The number of esters is 1. The smallest absolute Gasteiger partial charge is 0.360 e. The van der Waals surface area contributed by atoms with E-state index in [0.717, 1.165) is 11.3 Å². The monoisotopic (exact) mass is 406 g/mol. The highest BCUT2D eigenvalue weighted by atomic mass is 32.2. The highest BCUT2D eigenvalue weighted by Gasteiger charge is 2.20. The van der Waals surface area contributed by atoms with Crippen molar-refractivity contribution in [1.82, 2.24) is 5.16 Å². The van der Waals surface area contributed by atoms with Gasteiger partial charge < -0.3 is 9.26 Å². The summed E-state index contributed by atoms with van der Waals surface area (Å²) in [4.78, 5) is 23.2. The Morgan fingerprint density at radius 2 is 1.85 bits per heavy atom. The molecule has 0 fully saturated rings. The molecule has 0 bridgehead atoms. The van der Waals surface area contributed by atoms with Crippen molar-refractivity contribution < 1.29 is 27.3 Å². The van der Waals surface area contributed by atoms with E-state index in [2.05, 4.69) is 14.6 Å². The van der Waals surface area contributed by atoms with Gasteiger partial charge in [-0.2, -0.15) is 0 Å². The zero-order chi connectivity index (χ0) is 19.6. The third-order valence-electron chi connectivity index (χ3n) is 3.54. The van der Waals surface area contributed by atoms with Crippen molar-refractivity contribution in [2.24, 2.45) is 0 Å². The average molecular weight is 406 g/mol. The molecular weight excluding hydrogens is 392 g/mol. The molecule has 27 heavy (non-hydrogen) atoms. The Labute approximate surface area is 158 Å². The van der Waals surface area contributed by atoms with Crippen LogP contribution >= 0.6 is 11.3 Å². The molecule has 0 unspecified atom stereocenters. The number of ether oxygens (including phenoxy) is 1. The third-order valence-corrected chi connectivity index (χ3v) is 6.51. The summed E-state index contributed by atoms with van der Waals surface area (Å²) in [5.74, 6) is -0.497. The number of thiophene rings is 1. The summed E-state index contributed by atoms with van der Waals surface area (Å²) in [5, 5.41) is 3.59. The molecular formula is C17H14N2O6S2. The minimum atomic E-state index is -3.82. The Morgan fingerprint density at radius 1 is 1.15 bits per heavy atom. The molecule has 2 heterocycles. The number of nitrogens with zero attached hydrogens (tertiary/aromatic N) is 1. The lowest BCUT2D eigenvalue weighted by molar-refractivity contribution is 0.0589. The zero-order valence-electron chi connectivity index (χ0n) is 14.3.